The van der Waals surface area contributed by atoms with Crippen molar-refractivity contribution in [2.45, 2.75) is 38.0 Å². The Morgan fingerprint density at radius 3 is 2.82 bits per heavy atom. The van der Waals surface area contributed by atoms with Crippen LogP contribution in [0.25, 0.3) is 0 Å². The first-order chi connectivity index (χ1) is 16.4. The van der Waals surface area contributed by atoms with Gasteiger partial charge in [0.15, 0.2) is 11.5 Å². The molecule has 4 bridgehead atoms. The number of nitrogens with one attached hydrogen (secondary N) is 1. The Balaban J connectivity index is 1.57. The van der Waals surface area contributed by atoms with Gasteiger partial charge < -0.3 is 29.3 Å². The number of methoxy groups -OCH3 is 1. The Hall–Kier alpha value is -3.10. The van der Waals surface area contributed by atoms with Crippen LogP contribution in [-0.2, 0) is 27.4 Å². The topological polar surface area (TPSA) is 80.3 Å². The van der Waals surface area contributed by atoms with E-state index in [0.717, 1.165) is 11.1 Å². The highest BCUT2D eigenvalue weighted by molar-refractivity contribution is 5.79. The van der Waals surface area contributed by atoms with Crippen molar-refractivity contribution in [2.24, 2.45) is 0 Å². The normalized spacial score (nSPS) is 20.9. The molecule has 2 aromatic rings. The smallest absolute Gasteiger partial charge is 0.236 e. The van der Waals surface area contributed by atoms with Crippen LogP contribution in [0.4, 0.5) is 0 Å². The number of aryl methyl sites for hydroxylation is 1. The van der Waals surface area contributed by atoms with Gasteiger partial charge in [0.1, 0.15) is 5.75 Å². The van der Waals surface area contributed by atoms with E-state index < -0.39 is 0 Å². The Kier molecular flexibility index (Phi) is 7.70. The summed E-state index contributed by atoms with van der Waals surface area (Å²) in [6.45, 7) is 1.78. The molecule has 8 heteroatoms. The zero-order valence-corrected chi connectivity index (χ0v) is 20.1. The number of likely N-dealkylation sites (N-methyl/N-ethyl adjacent to an activating group) is 1. The highest BCUT2D eigenvalue weighted by Gasteiger charge is 2.33. The lowest BCUT2D eigenvalue weighted by Gasteiger charge is -2.39. The van der Waals surface area contributed by atoms with Gasteiger partial charge in [-0.2, -0.15) is 0 Å². The molecule has 0 unspecified atom stereocenters. The molecule has 2 aliphatic rings. The van der Waals surface area contributed by atoms with Gasteiger partial charge in [-0.15, -0.1) is 0 Å². The summed E-state index contributed by atoms with van der Waals surface area (Å²) >= 11 is 0. The van der Waals surface area contributed by atoms with Gasteiger partial charge in [-0.1, -0.05) is 18.2 Å². The summed E-state index contributed by atoms with van der Waals surface area (Å²) in [7, 11) is 5.36. The van der Waals surface area contributed by atoms with Gasteiger partial charge in [0, 0.05) is 19.5 Å². The number of carbonyl (C=O) groups is 2. The number of hydrogen-bond acceptors (Lipinski definition) is 6. The van der Waals surface area contributed by atoms with Gasteiger partial charge in [-0.3, -0.25) is 9.59 Å². The Morgan fingerprint density at radius 2 is 2.03 bits per heavy atom. The molecule has 2 amide bonds. The second-order valence-corrected chi connectivity index (χ2v) is 9.12. The Morgan fingerprint density at radius 1 is 1.18 bits per heavy atom. The van der Waals surface area contributed by atoms with E-state index in [0.29, 0.717) is 62.8 Å². The van der Waals surface area contributed by atoms with Gasteiger partial charge in [-0.05, 0) is 62.3 Å². The molecule has 0 saturated carbocycles. The minimum Gasteiger partial charge on any atom is -0.493 e. The quantitative estimate of drug-likeness (QED) is 0.748. The first-order valence-electron chi connectivity index (χ1n) is 11.7. The molecule has 1 N–H and O–H groups in total. The van der Waals surface area contributed by atoms with Gasteiger partial charge in [-0.25, -0.2) is 0 Å². The van der Waals surface area contributed by atoms with Crippen LogP contribution in [0.15, 0.2) is 42.5 Å². The molecule has 182 valence electrons. The standard InChI is InChI=1S/C26H33N3O5/c1-28(2)16-26(31)29-12-11-22-21(15-29)27-25(30)10-8-18-7-9-23(32-3)24(14-18)34-20-6-4-5-19(13-20)17-33-22/h4-7,9,13-14,21-22H,8,10-12,15-17H2,1-3H3,(H,27,30)/t21-,22+/m0/s1. The third-order valence-electron chi connectivity index (χ3n) is 6.16. The molecule has 0 spiro atoms. The molecule has 34 heavy (non-hydrogen) atoms. The third-order valence-corrected chi connectivity index (χ3v) is 6.16. The van der Waals surface area contributed by atoms with Gasteiger partial charge in [0.25, 0.3) is 0 Å². The van der Waals surface area contributed by atoms with E-state index in [1.54, 1.807) is 7.11 Å². The van der Waals surface area contributed by atoms with Crippen molar-refractivity contribution >= 4 is 11.8 Å². The van der Waals surface area contributed by atoms with E-state index in [4.69, 9.17) is 14.2 Å². The summed E-state index contributed by atoms with van der Waals surface area (Å²) in [5.41, 5.74) is 1.95. The lowest BCUT2D eigenvalue weighted by molar-refractivity contribution is -0.137. The minimum atomic E-state index is -0.261. The summed E-state index contributed by atoms with van der Waals surface area (Å²) in [4.78, 5) is 29.2. The summed E-state index contributed by atoms with van der Waals surface area (Å²) in [6, 6.07) is 13.2. The number of rotatable bonds is 3. The van der Waals surface area contributed by atoms with Crippen molar-refractivity contribution in [3.05, 3.63) is 53.6 Å². The van der Waals surface area contributed by atoms with E-state index in [-0.39, 0.29) is 24.0 Å². The average Bonchev–Trinajstić information content (AvgIpc) is 2.81. The monoisotopic (exact) mass is 467 g/mol. The summed E-state index contributed by atoms with van der Waals surface area (Å²) < 4.78 is 17.9. The largest absolute Gasteiger partial charge is 0.493 e. The minimum absolute atomic E-state index is 0.0594. The molecule has 4 rings (SSSR count). The number of carbonyl (C=O) groups excluding carboxylic acids is 2. The number of nitrogens with zero attached hydrogens (tertiary/aromatic N) is 2. The number of benzene rings is 2. The Labute approximate surface area is 200 Å². The maximum absolute atomic E-state index is 12.9. The molecule has 2 atom stereocenters. The zero-order chi connectivity index (χ0) is 24.1. The van der Waals surface area contributed by atoms with Crippen LogP contribution in [-0.4, -0.2) is 74.6 Å². The molecule has 0 aromatic heterocycles. The predicted molar refractivity (Wildman–Crippen MR) is 128 cm³/mol. The molecule has 2 aromatic carbocycles. The van der Waals surface area contributed by atoms with Crippen molar-refractivity contribution in [2.75, 3.05) is 40.8 Å². The molecule has 0 radical (unpaired) electrons. The first kappa shape index (κ1) is 24.0. The van der Waals surface area contributed by atoms with Crippen LogP contribution in [0, 0.1) is 0 Å². The summed E-state index contributed by atoms with van der Waals surface area (Å²) in [5, 5.41) is 3.14. The van der Waals surface area contributed by atoms with Crippen LogP contribution in [0.2, 0.25) is 0 Å². The Bertz CT molecular complexity index is 1030. The lowest BCUT2D eigenvalue weighted by Crippen LogP contribution is -2.58. The van der Waals surface area contributed by atoms with E-state index >= 15 is 0 Å². The van der Waals surface area contributed by atoms with Crippen LogP contribution in [0.5, 0.6) is 17.2 Å². The molecule has 1 fully saturated rings. The van der Waals surface area contributed by atoms with Crippen LogP contribution in [0.3, 0.4) is 0 Å². The predicted octanol–water partition coefficient (Wildman–Crippen LogP) is 2.60. The number of ether oxygens (including phenoxy) is 3. The maximum atomic E-state index is 12.9. The van der Waals surface area contributed by atoms with Crippen molar-refractivity contribution in [3.8, 4) is 17.2 Å². The fourth-order valence-electron chi connectivity index (χ4n) is 4.39. The molecule has 1 saturated heterocycles. The zero-order valence-electron chi connectivity index (χ0n) is 20.1. The van der Waals surface area contributed by atoms with Crippen molar-refractivity contribution in [3.63, 3.8) is 0 Å². The fourth-order valence-corrected chi connectivity index (χ4v) is 4.39. The van der Waals surface area contributed by atoms with Crippen LogP contribution in [0.1, 0.15) is 24.0 Å². The van der Waals surface area contributed by atoms with E-state index in [1.165, 1.54) is 0 Å². The second-order valence-electron chi connectivity index (χ2n) is 9.12. The van der Waals surface area contributed by atoms with E-state index in [2.05, 4.69) is 5.32 Å². The number of likely N-dealkylation sites (tertiary alicyclic amines) is 1. The van der Waals surface area contributed by atoms with Crippen molar-refractivity contribution in [1.82, 2.24) is 15.1 Å². The van der Waals surface area contributed by atoms with E-state index in [9.17, 15) is 9.59 Å². The maximum Gasteiger partial charge on any atom is 0.236 e. The van der Waals surface area contributed by atoms with Crippen LogP contribution < -0.4 is 14.8 Å². The van der Waals surface area contributed by atoms with Crippen molar-refractivity contribution < 1.29 is 23.8 Å². The summed E-state index contributed by atoms with van der Waals surface area (Å²) in [5.74, 6) is 1.93. The lowest BCUT2D eigenvalue weighted by atomic mass is 10.0. The van der Waals surface area contributed by atoms with Crippen molar-refractivity contribution in [1.29, 1.82) is 0 Å². The SMILES string of the molecule is COc1ccc2cc1Oc1cccc(c1)CO[C@@H]1CCN(C(=O)CN(C)C)C[C@@H]1NC(=O)CC2. The van der Waals surface area contributed by atoms with E-state index in [1.807, 2.05) is 66.4 Å². The molecular weight excluding hydrogens is 434 g/mol. The second kappa shape index (κ2) is 10.9. The van der Waals surface area contributed by atoms with Gasteiger partial charge in [0.2, 0.25) is 11.8 Å². The fraction of sp³-hybridized carbons (Fsp3) is 0.462. The molecular formula is C26H33N3O5. The number of fused-ring (bicyclic) bond motifs is 5. The van der Waals surface area contributed by atoms with Gasteiger partial charge in [0.05, 0.1) is 32.4 Å². The molecule has 2 aliphatic heterocycles. The molecule has 8 nitrogen and oxygen atoms in total. The average molecular weight is 468 g/mol. The molecule has 0 aliphatic carbocycles. The third kappa shape index (κ3) is 6.07. The first-order valence-corrected chi connectivity index (χ1v) is 11.7. The van der Waals surface area contributed by atoms with Crippen LogP contribution >= 0.6 is 0 Å². The number of amides is 2. The summed E-state index contributed by atoms with van der Waals surface area (Å²) in [6.07, 6.45) is 1.38. The number of piperidine rings is 1. The molecule has 2 heterocycles. The number of hydrogen-bond donors (Lipinski definition) is 1. The highest BCUT2D eigenvalue weighted by atomic mass is 16.5. The van der Waals surface area contributed by atoms with Gasteiger partial charge >= 0.3 is 0 Å². The highest BCUT2D eigenvalue weighted by Crippen LogP contribution is 2.33.